The summed E-state index contributed by atoms with van der Waals surface area (Å²) in [6.45, 7) is 0. The highest BCUT2D eigenvalue weighted by atomic mass is 127. The fourth-order valence-corrected chi connectivity index (χ4v) is 1.60. The average molecular weight is 270 g/mol. The smallest absolute Gasteiger partial charge is 0.137 e. The van der Waals surface area contributed by atoms with E-state index < -0.39 is 0 Å². The first kappa shape index (κ1) is 7.79. The van der Waals surface area contributed by atoms with Crippen LogP contribution in [-0.4, -0.2) is 9.97 Å². The normalized spacial score (nSPS) is 10.1. The van der Waals surface area contributed by atoms with Crippen LogP contribution >= 0.6 is 22.6 Å². The van der Waals surface area contributed by atoms with Gasteiger partial charge in [-0.2, -0.15) is 0 Å². The van der Waals surface area contributed by atoms with Gasteiger partial charge < -0.3 is 4.98 Å². The highest BCUT2D eigenvalue weighted by Crippen LogP contribution is 2.16. The Balaban J connectivity index is 2.48. The molecule has 0 fully saturated rings. The number of rotatable bonds is 1. The Hall–Kier alpha value is -0.840. The molecule has 2 rings (SSSR count). The zero-order chi connectivity index (χ0) is 8.39. The molecule has 2 aromatic rings. The number of imidazole rings is 1. The second kappa shape index (κ2) is 3.26. The van der Waals surface area contributed by atoms with E-state index >= 15 is 0 Å². The summed E-state index contributed by atoms with van der Waals surface area (Å²) in [5, 5.41) is 0. The van der Waals surface area contributed by atoms with Gasteiger partial charge in [0, 0.05) is 21.5 Å². The number of halogens is 1. The van der Waals surface area contributed by atoms with Crippen LogP contribution in [0.3, 0.4) is 0 Å². The number of hydrogen-bond acceptors (Lipinski definition) is 1. The van der Waals surface area contributed by atoms with Crippen LogP contribution in [0.15, 0.2) is 36.7 Å². The van der Waals surface area contributed by atoms with Crippen LogP contribution in [0.4, 0.5) is 0 Å². The van der Waals surface area contributed by atoms with E-state index in [1.807, 2.05) is 18.3 Å². The molecule has 0 radical (unpaired) electrons. The molecule has 2 nitrogen and oxygen atoms in total. The van der Waals surface area contributed by atoms with Crippen molar-refractivity contribution in [1.29, 1.82) is 0 Å². The van der Waals surface area contributed by atoms with Gasteiger partial charge in [0.25, 0.3) is 0 Å². The summed E-state index contributed by atoms with van der Waals surface area (Å²) in [4.78, 5) is 7.23. The zero-order valence-electron chi connectivity index (χ0n) is 6.29. The molecule has 0 unspecified atom stereocenters. The molecule has 1 aromatic heterocycles. The maximum Gasteiger partial charge on any atom is 0.137 e. The first-order chi connectivity index (χ1) is 5.86. The Morgan fingerprint density at radius 2 is 2.25 bits per heavy atom. The van der Waals surface area contributed by atoms with E-state index in [1.54, 1.807) is 6.20 Å². The molecule has 0 bridgehead atoms. The third-order valence-corrected chi connectivity index (χ3v) is 2.27. The maximum absolute atomic E-state index is 4.17. The van der Waals surface area contributed by atoms with Gasteiger partial charge in [0.1, 0.15) is 5.82 Å². The third kappa shape index (κ3) is 1.50. The van der Waals surface area contributed by atoms with Gasteiger partial charge in [0.05, 0.1) is 0 Å². The number of nitrogens with one attached hydrogen (secondary N) is 1. The van der Waals surface area contributed by atoms with E-state index in [1.165, 1.54) is 3.57 Å². The molecule has 1 heterocycles. The largest absolute Gasteiger partial charge is 0.345 e. The third-order valence-electron chi connectivity index (χ3n) is 1.60. The molecule has 0 aliphatic rings. The highest BCUT2D eigenvalue weighted by molar-refractivity contribution is 14.1. The topological polar surface area (TPSA) is 28.7 Å². The molecule has 0 atom stereocenters. The number of aromatic nitrogens is 2. The summed E-state index contributed by atoms with van der Waals surface area (Å²) in [5.41, 5.74) is 1.13. The van der Waals surface area contributed by atoms with Crippen LogP contribution in [0.2, 0.25) is 0 Å². The predicted molar refractivity (Wildman–Crippen MR) is 56.7 cm³/mol. The van der Waals surface area contributed by atoms with Gasteiger partial charge in [-0.15, -0.1) is 0 Å². The molecular formula is C9H7IN2. The van der Waals surface area contributed by atoms with Crippen LogP contribution in [0.25, 0.3) is 11.4 Å². The second-order valence-corrected chi connectivity index (χ2v) is 3.69. The van der Waals surface area contributed by atoms with E-state index in [2.05, 4.69) is 44.7 Å². The number of H-pyrrole nitrogens is 1. The highest BCUT2D eigenvalue weighted by Gasteiger charge is 1.98. The summed E-state index contributed by atoms with van der Waals surface area (Å²) in [5.74, 6) is 0.925. The van der Waals surface area contributed by atoms with Crippen LogP contribution in [0.5, 0.6) is 0 Å². The fourth-order valence-electron chi connectivity index (χ4n) is 1.06. The zero-order valence-corrected chi connectivity index (χ0v) is 8.45. The van der Waals surface area contributed by atoms with Crippen molar-refractivity contribution in [3.05, 3.63) is 40.2 Å². The molecule has 12 heavy (non-hydrogen) atoms. The molecule has 0 aliphatic heterocycles. The first-order valence-electron chi connectivity index (χ1n) is 3.61. The molecule has 60 valence electrons. The van der Waals surface area contributed by atoms with E-state index in [-0.39, 0.29) is 0 Å². The van der Waals surface area contributed by atoms with E-state index in [4.69, 9.17) is 0 Å². The first-order valence-corrected chi connectivity index (χ1v) is 4.69. The van der Waals surface area contributed by atoms with Gasteiger partial charge in [-0.05, 0) is 34.7 Å². The fraction of sp³-hybridized carbons (Fsp3) is 0. The molecule has 0 saturated carbocycles. The standard InChI is InChI=1S/C9H7IN2/c10-8-3-1-2-7(6-8)9-11-4-5-12-9/h1-6H,(H,11,12). The predicted octanol–water partition coefficient (Wildman–Crippen LogP) is 2.68. The minimum absolute atomic E-state index is 0.925. The summed E-state index contributed by atoms with van der Waals surface area (Å²) in [6.07, 6.45) is 3.59. The molecule has 1 aromatic carbocycles. The van der Waals surface area contributed by atoms with Crippen LogP contribution in [0, 0.1) is 3.57 Å². The van der Waals surface area contributed by atoms with Crippen molar-refractivity contribution < 1.29 is 0 Å². The summed E-state index contributed by atoms with van der Waals surface area (Å²) < 4.78 is 1.22. The summed E-state index contributed by atoms with van der Waals surface area (Å²) >= 11 is 2.29. The lowest BCUT2D eigenvalue weighted by atomic mass is 10.2. The molecule has 0 spiro atoms. The van der Waals surface area contributed by atoms with Crippen molar-refractivity contribution in [2.75, 3.05) is 0 Å². The Labute approximate surface area is 84.2 Å². The molecule has 3 heteroatoms. The van der Waals surface area contributed by atoms with Gasteiger partial charge in [0.2, 0.25) is 0 Å². The van der Waals surface area contributed by atoms with Crippen molar-refractivity contribution in [3.8, 4) is 11.4 Å². The van der Waals surface area contributed by atoms with Crippen LogP contribution < -0.4 is 0 Å². The van der Waals surface area contributed by atoms with Crippen LogP contribution in [-0.2, 0) is 0 Å². The number of benzene rings is 1. The van der Waals surface area contributed by atoms with Crippen molar-refractivity contribution in [1.82, 2.24) is 9.97 Å². The summed E-state index contributed by atoms with van der Waals surface area (Å²) in [6, 6.07) is 8.23. The molecule has 0 saturated heterocycles. The van der Waals surface area contributed by atoms with Crippen molar-refractivity contribution >= 4 is 22.6 Å². The van der Waals surface area contributed by atoms with Gasteiger partial charge in [0.15, 0.2) is 0 Å². The van der Waals surface area contributed by atoms with Crippen molar-refractivity contribution in [2.45, 2.75) is 0 Å². The Bertz CT molecular complexity index is 368. The lowest BCUT2D eigenvalue weighted by Crippen LogP contribution is -1.80. The molecule has 1 N–H and O–H groups in total. The molecular weight excluding hydrogens is 263 g/mol. The van der Waals surface area contributed by atoms with Crippen LogP contribution in [0.1, 0.15) is 0 Å². The number of hydrogen-bond donors (Lipinski definition) is 1. The van der Waals surface area contributed by atoms with Gasteiger partial charge in [-0.1, -0.05) is 12.1 Å². The Morgan fingerprint density at radius 3 is 2.92 bits per heavy atom. The lowest BCUT2D eigenvalue weighted by Gasteiger charge is -1.96. The second-order valence-electron chi connectivity index (χ2n) is 2.45. The minimum atomic E-state index is 0.925. The van der Waals surface area contributed by atoms with E-state index in [0.717, 1.165) is 11.4 Å². The molecule has 0 aliphatic carbocycles. The number of aromatic amines is 1. The van der Waals surface area contributed by atoms with Crippen molar-refractivity contribution in [2.24, 2.45) is 0 Å². The lowest BCUT2D eigenvalue weighted by molar-refractivity contribution is 1.31. The maximum atomic E-state index is 4.17. The van der Waals surface area contributed by atoms with Gasteiger partial charge >= 0.3 is 0 Å². The van der Waals surface area contributed by atoms with Gasteiger partial charge in [-0.25, -0.2) is 4.98 Å². The van der Waals surface area contributed by atoms with Gasteiger partial charge in [-0.3, -0.25) is 0 Å². The Morgan fingerprint density at radius 1 is 1.33 bits per heavy atom. The molecule has 0 amide bonds. The Kier molecular flexibility index (Phi) is 2.12. The SMILES string of the molecule is Ic1cccc(-c2ncc[nH]2)c1. The van der Waals surface area contributed by atoms with E-state index in [0.29, 0.717) is 0 Å². The quantitative estimate of drug-likeness (QED) is 0.793. The monoisotopic (exact) mass is 270 g/mol. The number of nitrogens with zero attached hydrogens (tertiary/aromatic N) is 1. The average Bonchev–Trinajstić information content (AvgIpc) is 2.56. The summed E-state index contributed by atoms with van der Waals surface area (Å²) in [7, 11) is 0. The van der Waals surface area contributed by atoms with E-state index in [9.17, 15) is 0 Å². The van der Waals surface area contributed by atoms with Crippen molar-refractivity contribution in [3.63, 3.8) is 0 Å². The minimum Gasteiger partial charge on any atom is -0.345 e.